The van der Waals surface area contributed by atoms with Gasteiger partial charge in [-0.05, 0) is 45.9 Å². The second-order valence-corrected chi connectivity index (χ2v) is 6.03. The van der Waals surface area contributed by atoms with Gasteiger partial charge in [0.05, 0.1) is 13.7 Å². The SMILES string of the molecule is COc1ccccc1CC(C)N(C)Cc1nncn1C(C)C. The summed E-state index contributed by atoms with van der Waals surface area (Å²) in [5, 5.41) is 8.28. The number of hydrogen-bond acceptors (Lipinski definition) is 4. The van der Waals surface area contributed by atoms with Crippen LogP contribution >= 0.6 is 0 Å². The van der Waals surface area contributed by atoms with Crippen LogP contribution in [0.4, 0.5) is 0 Å². The molecule has 0 N–H and O–H groups in total. The van der Waals surface area contributed by atoms with Crippen molar-refractivity contribution < 1.29 is 4.74 Å². The van der Waals surface area contributed by atoms with E-state index in [9.17, 15) is 0 Å². The Morgan fingerprint density at radius 2 is 1.95 bits per heavy atom. The summed E-state index contributed by atoms with van der Waals surface area (Å²) in [5.41, 5.74) is 1.23. The second kappa shape index (κ2) is 7.40. The summed E-state index contributed by atoms with van der Waals surface area (Å²) in [6.45, 7) is 7.30. The Bertz CT molecular complexity index is 594. The van der Waals surface area contributed by atoms with Crippen LogP contribution in [-0.4, -0.2) is 39.9 Å². The molecule has 0 aliphatic heterocycles. The third-order valence-corrected chi connectivity index (χ3v) is 4.05. The van der Waals surface area contributed by atoms with Crippen molar-refractivity contribution in [3.05, 3.63) is 42.0 Å². The Morgan fingerprint density at radius 1 is 1.23 bits per heavy atom. The van der Waals surface area contributed by atoms with Gasteiger partial charge >= 0.3 is 0 Å². The first kappa shape index (κ1) is 16.5. The van der Waals surface area contributed by atoms with E-state index in [0.29, 0.717) is 12.1 Å². The van der Waals surface area contributed by atoms with Gasteiger partial charge in [0.2, 0.25) is 0 Å². The van der Waals surface area contributed by atoms with Crippen LogP contribution < -0.4 is 4.74 Å². The maximum Gasteiger partial charge on any atom is 0.147 e. The van der Waals surface area contributed by atoms with Crippen molar-refractivity contribution in [2.45, 2.75) is 45.8 Å². The standard InChI is InChI=1S/C17H26N4O/c1-13(2)21-12-18-19-17(21)11-20(4)14(3)10-15-8-6-7-9-16(15)22-5/h6-9,12-14H,10-11H2,1-5H3. The lowest BCUT2D eigenvalue weighted by Gasteiger charge is -2.25. The zero-order valence-corrected chi connectivity index (χ0v) is 14.2. The summed E-state index contributed by atoms with van der Waals surface area (Å²) in [7, 11) is 3.84. The average Bonchev–Trinajstić information content (AvgIpc) is 2.96. The first-order valence-corrected chi connectivity index (χ1v) is 7.73. The van der Waals surface area contributed by atoms with Gasteiger partial charge in [-0.2, -0.15) is 0 Å². The van der Waals surface area contributed by atoms with E-state index < -0.39 is 0 Å². The fraction of sp³-hybridized carbons (Fsp3) is 0.529. The molecule has 0 saturated carbocycles. The number of likely N-dealkylation sites (N-methyl/N-ethyl adjacent to an activating group) is 1. The molecule has 22 heavy (non-hydrogen) atoms. The number of benzene rings is 1. The monoisotopic (exact) mass is 302 g/mol. The second-order valence-electron chi connectivity index (χ2n) is 6.03. The van der Waals surface area contributed by atoms with E-state index in [0.717, 1.165) is 24.5 Å². The van der Waals surface area contributed by atoms with Crippen LogP contribution in [0, 0.1) is 0 Å². The number of methoxy groups -OCH3 is 1. The highest BCUT2D eigenvalue weighted by Gasteiger charge is 2.16. The van der Waals surface area contributed by atoms with Gasteiger partial charge in [-0.25, -0.2) is 0 Å². The molecule has 5 nitrogen and oxygen atoms in total. The predicted octanol–water partition coefficient (Wildman–Crippen LogP) is 2.93. The molecule has 1 aromatic carbocycles. The quantitative estimate of drug-likeness (QED) is 0.789. The molecule has 0 saturated heterocycles. The van der Waals surface area contributed by atoms with Gasteiger partial charge in [0, 0.05) is 12.1 Å². The van der Waals surface area contributed by atoms with E-state index in [1.165, 1.54) is 5.56 Å². The summed E-state index contributed by atoms with van der Waals surface area (Å²) in [6, 6.07) is 8.95. The highest BCUT2D eigenvalue weighted by Crippen LogP contribution is 2.20. The van der Waals surface area contributed by atoms with E-state index in [2.05, 4.69) is 59.6 Å². The molecule has 0 amide bonds. The van der Waals surface area contributed by atoms with Crippen molar-refractivity contribution in [2.24, 2.45) is 0 Å². The molecule has 1 aromatic heterocycles. The lowest BCUT2D eigenvalue weighted by molar-refractivity contribution is 0.235. The largest absolute Gasteiger partial charge is 0.496 e. The molecule has 1 atom stereocenters. The molecule has 0 aliphatic carbocycles. The van der Waals surface area contributed by atoms with Crippen LogP contribution in [0.3, 0.4) is 0 Å². The van der Waals surface area contributed by atoms with Gasteiger partial charge < -0.3 is 9.30 Å². The number of rotatable bonds is 7. The Balaban J connectivity index is 2.03. The fourth-order valence-corrected chi connectivity index (χ4v) is 2.54. The summed E-state index contributed by atoms with van der Waals surface area (Å²) >= 11 is 0. The summed E-state index contributed by atoms with van der Waals surface area (Å²) < 4.78 is 7.55. The van der Waals surface area contributed by atoms with Gasteiger partial charge in [-0.1, -0.05) is 18.2 Å². The third kappa shape index (κ3) is 3.85. The number of para-hydroxylation sites is 1. The Labute approximate surface area is 132 Å². The topological polar surface area (TPSA) is 43.2 Å². The summed E-state index contributed by atoms with van der Waals surface area (Å²) in [6.07, 6.45) is 2.75. The lowest BCUT2D eigenvalue weighted by atomic mass is 10.1. The van der Waals surface area contributed by atoms with Gasteiger partial charge in [0.25, 0.3) is 0 Å². The minimum absolute atomic E-state index is 0.378. The van der Waals surface area contributed by atoms with Crippen molar-refractivity contribution in [2.75, 3.05) is 14.2 Å². The number of nitrogens with zero attached hydrogens (tertiary/aromatic N) is 4. The molecule has 2 aromatic rings. The number of aromatic nitrogens is 3. The first-order valence-electron chi connectivity index (χ1n) is 7.73. The fourth-order valence-electron chi connectivity index (χ4n) is 2.54. The molecular formula is C17H26N4O. The molecular weight excluding hydrogens is 276 g/mol. The van der Waals surface area contributed by atoms with Crippen molar-refractivity contribution in [3.8, 4) is 5.75 Å². The highest BCUT2D eigenvalue weighted by atomic mass is 16.5. The van der Waals surface area contributed by atoms with Gasteiger partial charge in [0.15, 0.2) is 0 Å². The molecule has 1 heterocycles. The lowest BCUT2D eigenvalue weighted by Crippen LogP contribution is -2.31. The highest BCUT2D eigenvalue weighted by molar-refractivity contribution is 5.33. The molecule has 5 heteroatoms. The summed E-state index contributed by atoms with van der Waals surface area (Å²) in [5.74, 6) is 1.96. The molecule has 120 valence electrons. The van der Waals surface area contributed by atoms with Crippen LogP contribution in [0.2, 0.25) is 0 Å². The van der Waals surface area contributed by atoms with Gasteiger partial charge in [-0.3, -0.25) is 4.90 Å². The zero-order valence-electron chi connectivity index (χ0n) is 14.2. The Morgan fingerprint density at radius 3 is 2.64 bits per heavy atom. The molecule has 0 radical (unpaired) electrons. The zero-order chi connectivity index (χ0) is 16.1. The first-order chi connectivity index (χ1) is 10.5. The molecule has 2 rings (SSSR count). The minimum Gasteiger partial charge on any atom is -0.496 e. The maximum atomic E-state index is 5.44. The number of hydrogen-bond donors (Lipinski definition) is 0. The van der Waals surface area contributed by atoms with E-state index >= 15 is 0 Å². The van der Waals surface area contributed by atoms with Gasteiger partial charge in [-0.15, -0.1) is 10.2 Å². The van der Waals surface area contributed by atoms with Crippen LogP contribution in [-0.2, 0) is 13.0 Å². The van der Waals surface area contributed by atoms with E-state index in [-0.39, 0.29) is 0 Å². The van der Waals surface area contributed by atoms with E-state index in [1.807, 2.05) is 12.1 Å². The molecule has 0 fully saturated rings. The Kier molecular flexibility index (Phi) is 5.55. The molecule has 1 unspecified atom stereocenters. The molecule has 0 aliphatic rings. The van der Waals surface area contributed by atoms with Crippen LogP contribution in [0.1, 0.15) is 38.2 Å². The van der Waals surface area contributed by atoms with Gasteiger partial charge in [0.1, 0.15) is 17.9 Å². The Hall–Kier alpha value is -1.88. The average molecular weight is 302 g/mol. The van der Waals surface area contributed by atoms with Crippen molar-refractivity contribution in [1.29, 1.82) is 0 Å². The molecule has 0 bridgehead atoms. The predicted molar refractivity (Wildman–Crippen MR) is 88.0 cm³/mol. The molecule has 0 spiro atoms. The van der Waals surface area contributed by atoms with E-state index in [1.54, 1.807) is 13.4 Å². The number of ether oxygens (including phenoxy) is 1. The van der Waals surface area contributed by atoms with Crippen LogP contribution in [0.15, 0.2) is 30.6 Å². The van der Waals surface area contributed by atoms with Crippen molar-refractivity contribution in [1.82, 2.24) is 19.7 Å². The van der Waals surface area contributed by atoms with E-state index in [4.69, 9.17) is 4.74 Å². The minimum atomic E-state index is 0.378. The van der Waals surface area contributed by atoms with Crippen molar-refractivity contribution >= 4 is 0 Å². The normalized spacial score (nSPS) is 12.9. The van der Waals surface area contributed by atoms with Crippen LogP contribution in [0.5, 0.6) is 5.75 Å². The summed E-state index contributed by atoms with van der Waals surface area (Å²) in [4.78, 5) is 2.30. The third-order valence-electron chi connectivity index (χ3n) is 4.05. The van der Waals surface area contributed by atoms with Crippen molar-refractivity contribution in [3.63, 3.8) is 0 Å². The maximum absolute atomic E-state index is 5.44. The van der Waals surface area contributed by atoms with Crippen LogP contribution in [0.25, 0.3) is 0 Å². The smallest absolute Gasteiger partial charge is 0.147 e.